The fraction of sp³-hybridized carbons (Fsp3) is 0.0667. The number of hydrogen-bond donors (Lipinski definition) is 0. The Morgan fingerprint density at radius 2 is 1.15 bits per heavy atom. The summed E-state index contributed by atoms with van der Waals surface area (Å²) in [6, 6.07) is 66.6. The third-order valence-electron chi connectivity index (χ3n) is 13.2. The normalized spacial score (nSPS) is 12.2. The number of rotatable bonds is 5. The Hall–Kier alpha value is -8.48. The minimum atomic E-state index is -0.0238. The van der Waals surface area contributed by atoms with Crippen molar-refractivity contribution in [2.24, 2.45) is 0 Å². The monoisotopic (exact) mass is 850 g/mol. The van der Waals surface area contributed by atoms with Crippen LogP contribution in [0.4, 0.5) is 0 Å². The molecule has 0 amide bonds. The van der Waals surface area contributed by atoms with Crippen molar-refractivity contribution in [2.75, 3.05) is 0 Å². The second kappa shape index (κ2) is 14.5. The second-order valence-electron chi connectivity index (χ2n) is 18.2. The minimum Gasteiger partial charge on any atom is -0.468 e. The summed E-state index contributed by atoms with van der Waals surface area (Å²) in [5.41, 5.74) is 17.2. The summed E-state index contributed by atoms with van der Waals surface area (Å²) >= 11 is 0. The Morgan fingerprint density at radius 1 is 0.530 bits per heavy atom. The first-order valence-corrected chi connectivity index (χ1v) is 22.4. The number of hydrogen-bond acceptors (Lipinski definition) is 3. The average Bonchev–Trinajstić information content (AvgIpc) is 4.05. The van der Waals surface area contributed by atoms with Gasteiger partial charge in [-0.25, -0.2) is 4.98 Å². The van der Waals surface area contributed by atoms with Crippen LogP contribution in [0.1, 0.15) is 26.3 Å². The Kier molecular flexibility index (Phi) is 8.37. The van der Waals surface area contributed by atoms with Gasteiger partial charge in [0.25, 0.3) is 6.33 Å². The SMILES string of the molecule is CC(C)(C)c1ccnc(-n2c3ccccc3c3ccc(Oc4ccc5occ(-n6[c-][n+]7c8c(cccc86)-c6ccccc6-c6ccccc6-c6cccc(-c8ccccc8)c6-7)c5c4)cc32)c1. The first-order chi connectivity index (χ1) is 32.4. The van der Waals surface area contributed by atoms with Crippen LogP contribution in [0, 0.1) is 6.33 Å². The number of furan rings is 1. The summed E-state index contributed by atoms with van der Waals surface area (Å²) in [5, 5.41) is 3.21. The molecule has 0 fully saturated rings. The van der Waals surface area contributed by atoms with E-state index >= 15 is 0 Å². The number of pyridine rings is 1. The molecule has 6 heteroatoms. The Labute approximate surface area is 381 Å². The van der Waals surface area contributed by atoms with E-state index in [1.807, 2.05) is 24.6 Å². The van der Waals surface area contributed by atoms with Crippen molar-refractivity contribution in [2.45, 2.75) is 26.2 Å². The van der Waals surface area contributed by atoms with E-state index in [9.17, 15) is 0 Å². The predicted molar refractivity (Wildman–Crippen MR) is 266 cm³/mol. The summed E-state index contributed by atoms with van der Waals surface area (Å²) in [6.45, 7) is 6.70. The van der Waals surface area contributed by atoms with Crippen LogP contribution >= 0.6 is 0 Å². The molecule has 0 bridgehead atoms. The highest BCUT2D eigenvalue weighted by Crippen LogP contribution is 2.45. The molecule has 0 unspecified atom stereocenters. The second-order valence-corrected chi connectivity index (χ2v) is 18.2. The van der Waals surface area contributed by atoms with Crippen LogP contribution in [0.2, 0.25) is 0 Å². The van der Waals surface area contributed by atoms with E-state index < -0.39 is 0 Å². The van der Waals surface area contributed by atoms with E-state index in [1.165, 1.54) is 22.1 Å². The molecular formula is C60H42N4O2. The fourth-order valence-electron chi connectivity index (χ4n) is 10.1. The van der Waals surface area contributed by atoms with Gasteiger partial charge >= 0.3 is 0 Å². The lowest BCUT2D eigenvalue weighted by molar-refractivity contribution is -0.570. The number of para-hydroxylation sites is 3. The van der Waals surface area contributed by atoms with Crippen molar-refractivity contribution in [3.05, 3.63) is 212 Å². The largest absolute Gasteiger partial charge is 0.468 e. The lowest BCUT2D eigenvalue weighted by Gasteiger charge is -2.20. The number of imidazole rings is 1. The topological polar surface area (TPSA) is 49.0 Å². The van der Waals surface area contributed by atoms with Crippen molar-refractivity contribution >= 4 is 43.8 Å². The zero-order valence-electron chi connectivity index (χ0n) is 36.7. The molecule has 13 rings (SSSR count). The maximum atomic E-state index is 6.79. The molecule has 0 spiro atoms. The highest BCUT2D eigenvalue weighted by Gasteiger charge is 2.27. The van der Waals surface area contributed by atoms with Crippen molar-refractivity contribution in [1.29, 1.82) is 0 Å². The number of ether oxygens (including phenoxy) is 1. The zero-order chi connectivity index (χ0) is 44.1. The molecule has 0 N–H and O–H groups in total. The molecule has 0 saturated heterocycles. The molecule has 5 heterocycles. The molecule has 4 aromatic heterocycles. The first kappa shape index (κ1) is 38.0. The molecule has 6 nitrogen and oxygen atoms in total. The van der Waals surface area contributed by atoms with E-state index in [0.717, 1.165) is 94.7 Å². The van der Waals surface area contributed by atoms with Crippen LogP contribution < -0.4 is 9.30 Å². The summed E-state index contributed by atoms with van der Waals surface area (Å²) in [7, 11) is 0. The highest BCUT2D eigenvalue weighted by molar-refractivity contribution is 6.09. The summed E-state index contributed by atoms with van der Waals surface area (Å²) in [5.74, 6) is 2.30. The van der Waals surface area contributed by atoms with Gasteiger partial charge in [0.05, 0.1) is 27.8 Å². The molecule has 66 heavy (non-hydrogen) atoms. The van der Waals surface area contributed by atoms with Crippen LogP contribution in [0.3, 0.4) is 0 Å². The molecule has 0 saturated carbocycles. The van der Waals surface area contributed by atoms with Crippen molar-refractivity contribution in [1.82, 2.24) is 14.1 Å². The molecule has 1 aliphatic heterocycles. The van der Waals surface area contributed by atoms with Crippen LogP contribution in [0.25, 0.3) is 106 Å². The van der Waals surface area contributed by atoms with Gasteiger partial charge in [-0.2, -0.15) is 0 Å². The predicted octanol–water partition coefficient (Wildman–Crippen LogP) is 15.0. The highest BCUT2D eigenvalue weighted by atomic mass is 16.5. The van der Waals surface area contributed by atoms with Gasteiger partial charge in [0.15, 0.2) is 0 Å². The summed E-state index contributed by atoms with van der Waals surface area (Å²) < 4.78 is 19.8. The van der Waals surface area contributed by atoms with E-state index in [0.29, 0.717) is 5.75 Å². The molecule has 0 atom stereocenters. The van der Waals surface area contributed by atoms with E-state index in [4.69, 9.17) is 14.1 Å². The minimum absolute atomic E-state index is 0.0238. The van der Waals surface area contributed by atoms with Gasteiger partial charge in [0, 0.05) is 28.4 Å². The van der Waals surface area contributed by atoms with Crippen molar-refractivity contribution < 1.29 is 13.7 Å². The third kappa shape index (κ3) is 5.88. The van der Waals surface area contributed by atoms with Gasteiger partial charge in [-0.1, -0.05) is 154 Å². The molecule has 0 aliphatic carbocycles. The molecular weight excluding hydrogens is 809 g/mol. The van der Waals surface area contributed by atoms with Crippen molar-refractivity contribution in [3.8, 4) is 73.2 Å². The summed E-state index contributed by atoms with van der Waals surface area (Å²) in [4.78, 5) is 4.89. The van der Waals surface area contributed by atoms with Crippen molar-refractivity contribution in [3.63, 3.8) is 0 Å². The van der Waals surface area contributed by atoms with Gasteiger partial charge < -0.3 is 9.15 Å². The maximum Gasteiger partial charge on any atom is 0.270 e. The van der Waals surface area contributed by atoms with Crippen LogP contribution in [0.5, 0.6) is 11.5 Å². The van der Waals surface area contributed by atoms with Crippen LogP contribution in [0.15, 0.2) is 205 Å². The standard InChI is InChI=1S/C60H42N4O2/c1-60(2,3)39-31-32-61-57(33-39)64-52-25-12-11-21-47(52)48-29-27-41(35-54(48)64)66-40-28-30-56-51(34-40)55(36-65-56)62-37-63-58-42(38-15-5-4-6-16-38)22-13-23-49(58)45-19-9-7-17-43(45)44-18-8-10-20-46(44)50-24-14-26-53(62)59(50)63/h4-36H,1-3H3. The Bertz CT molecular complexity index is 3900. The Balaban J connectivity index is 0.992. The maximum absolute atomic E-state index is 6.79. The smallest absolute Gasteiger partial charge is 0.270 e. The van der Waals surface area contributed by atoms with Gasteiger partial charge in [-0.3, -0.25) is 13.7 Å². The number of nitrogens with zero attached hydrogens (tertiary/aromatic N) is 4. The van der Waals surface area contributed by atoms with E-state index in [1.54, 1.807) is 0 Å². The van der Waals surface area contributed by atoms with Gasteiger partial charge in [-0.05, 0) is 104 Å². The van der Waals surface area contributed by atoms with Gasteiger partial charge in [-0.15, -0.1) is 0 Å². The molecule has 0 radical (unpaired) electrons. The van der Waals surface area contributed by atoms with E-state index in [2.05, 4.69) is 217 Å². The molecule has 12 aromatic rings. The number of fused-ring (bicyclic) bond motifs is 11. The lowest BCUT2D eigenvalue weighted by Crippen LogP contribution is -2.32. The quantitative estimate of drug-likeness (QED) is 0.128. The van der Waals surface area contributed by atoms with Crippen LogP contribution in [-0.2, 0) is 5.41 Å². The lowest BCUT2D eigenvalue weighted by atomic mass is 9.88. The third-order valence-corrected chi connectivity index (χ3v) is 13.2. The summed E-state index contributed by atoms with van der Waals surface area (Å²) in [6.07, 6.45) is 7.66. The first-order valence-electron chi connectivity index (χ1n) is 22.4. The fourth-order valence-corrected chi connectivity index (χ4v) is 10.1. The van der Waals surface area contributed by atoms with Gasteiger partial charge in [0.2, 0.25) is 0 Å². The van der Waals surface area contributed by atoms with Gasteiger partial charge in [0.1, 0.15) is 34.9 Å². The average molecular weight is 851 g/mol. The molecule has 8 aromatic carbocycles. The Morgan fingerprint density at radius 3 is 1.95 bits per heavy atom. The zero-order valence-corrected chi connectivity index (χ0v) is 36.7. The number of aromatic nitrogens is 4. The van der Waals surface area contributed by atoms with E-state index in [-0.39, 0.29) is 5.41 Å². The van der Waals surface area contributed by atoms with Crippen LogP contribution in [-0.4, -0.2) is 14.1 Å². The molecule has 1 aliphatic rings. The number of benzene rings is 8. The molecule has 314 valence electrons.